The summed E-state index contributed by atoms with van der Waals surface area (Å²) >= 11 is 1.61. The largest absolute Gasteiger partial charge is 0.506 e. The number of aromatic carboxylic acids is 1. The maximum absolute atomic E-state index is 13.1. The third-order valence-corrected chi connectivity index (χ3v) is 3.71. The normalized spacial score (nSPS) is 11.5. The number of benzene rings is 2. The Morgan fingerprint density at radius 2 is 1.77 bits per heavy atom. The Hall–Kier alpha value is -1.84. The van der Waals surface area contributed by atoms with Crippen LogP contribution >= 0.6 is 22.6 Å². The smallest absolute Gasteiger partial charge is 0.417 e. The molecule has 8 heteroatoms. The van der Waals surface area contributed by atoms with Crippen LogP contribution in [0.15, 0.2) is 30.3 Å². The summed E-state index contributed by atoms with van der Waals surface area (Å²) in [7, 11) is 0. The second-order valence-corrected chi connectivity index (χ2v) is 5.51. The van der Waals surface area contributed by atoms with E-state index >= 15 is 0 Å². The summed E-state index contributed by atoms with van der Waals surface area (Å²) in [5.74, 6) is -3.07. The molecule has 0 fully saturated rings. The van der Waals surface area contributed by atoms with Crippen molar-refractivity contribution in [2.75, 3.05) is 0 Å². The van der Waals surface area contributed by atoms with Gasteiger partial charge < -0.3 is 10.2 Å². The minimum Gasteiger partial charge on any atom is -0.506 e. The second-order valence-electron chi connectivity index (χ2n) is 4.35. The van der Waals surface area contributed by atoms with Crippen molar-refractivity contribution >= 4 is 28.6 Å². The lowest BCUT2D eigenvalue weighted by Gasteiger charge is -2.14. The van der Waals surface area contributed by atoms with Crippen LogP contribution < -0.4 is 0 Å². The zero-order chi connectivity index (χ0) is 16.7. The lowest BCUT2D eigenvalue weighted by atomic mass is 9.97. The molecule has 2 aromatic rings. The van der Waals surface area contributed by atoms with Crippen LogP contribution in [0.4, 0.5) is 17.6 Å². The van der Waals surface area contributed by atoms with Crippen molar-refractivity contribution in [3.8, 4) is 16.9 Å². The lowest BCUT2D eigenvalue weighted by molar-refractivity contribution is -0.137. The van der Waals surface area contributed by atoms with Gasteiger partial charge in [0.1, 0.15) is 17.1 Å². The number of alkyl halides is 3. The van der Waals surface area contributed by atoms with Crippen LogP contribution in [0, 0.1) is 9.39 Å². The average molecular weight is 426 g/mol. The fraction of sp³-hybridized carbons (Fsp3) is 0.0714. The van der Waals surface area contributed by atoms with Gasteiger partial charge in [0.15, 0.2) is 0 Å². The van der Waals surface area contributed by atoms with Gasteiger partial charge in [-0.15, -0.1) is 0 Å². The minimum absolute atomic E-state index is 0.0740. The Morgan fingerprint density at radius 3 is 2.32 bits per heavy atom. The summed E-state index contributed by atoms with van der Waals surface area (Å²) in [6.45, 7) is 0. The van der Waals surface area contributed by atoms with Crippen molar-refractivity contribution in [2.24, 2.45) is 0 Å². The van der Waals surface area contributed by atoms with E-state index in [1.165, 1.54) is 6.07 Å². The molecular formula is C14H7F4IO3. The highest BCUT2D eigenvalue weighted by Gasteiger charge is 2.34. The van der Waals surface area contributed by atoms with Crippen molar-refractivity contribution < 1.29 is 32.6 Å². The van der Waals surface area contributed by atoms with Gasteiger partial charge in [0.2, 0.25) is 0 Å². The van der Waals surface area contributed by atoms with Gasteiger partial charge in [0.25, 0.3) is 0 Å². The molecule has 0 saturated heterocycles. The van der Waals surface area contributed by atoms with Crippen LogP contribution in [0.3, 0.4) is 0 Å². The molecule has 22 heavy (non-hydrogen) atoms. The van der Waals surface area contributed by atoms with Crippen molar-refractivity contribution in [1.29, 1.82) is 0 Å². The quantitative estimate of drug-likeness (QED) is 0.549. The lowest BCUT2D eigenvalue weighted by Crippen LogP contribution is -2.08. The van der Waals surface area contributed by atoms with E-state index in [-0.39, 0.29) is 14.7 Å². The molecule has 116 valence electrons. The molecule has 0 saturated carbocycles. The van der Waals surface area contributed by atoms with Crippen LogP contribution in [0.25, 0.3) is 11.1 Å². The minimum atomic E-state index is -4.80. The molecule has 0 heterocycles. The summed E-state index contributed by atoms with van der Waals surface area (Å²) in [6.07, 6.45) is -4.80. The number of rotatable bonds is 2. The van der Waals surface area contributed by atoms with Gasteiger partial charge in [-0.3, -0.25) is 0 Å². The molecule has 0 spiro atoms. The first-order valence-corrected chi connectivity index (χ1v) is 6.82. The molecule has 0 aliphatic rings. The molecule has 0 radical (unpaired) electrons. The van der Waals surface area contributed by atoms with E-state index in [9.17, 15) is 27.5 Å². The van der Waals surface area contributed by atoms with Crippen molar-refractivity contribution in [3.63, 3.8) is 0 Å². The standard InChI is InChI=1S/C14H7F4IO3/c15-7-1-2-8(10(5-7)14(16,17)18)6-3-9(13(21)22)12(20)11(19)4-6/h1-5,20H,(H,21,22). The van der Waals surface area contributed by atoms with Gasteiger partial charge in [-0.2, -0.15) is 13.2 Å². The van der Waals surface area contributed by atoms with Gasteiger partial charge in [0.05, 0.1) is 9.13 Å². The maximum atomic E-state index is 13.1. The molecule has 0 aromatic heterocycles. The number of carboxylic acid groups (broad SMARTS) is 1. The monoisotopic (exact) mass is 426 g/mol. The molecule has 0 bridgehead atoms. The second kappa shape index (κ2) is 5.75. The Kier molecular flexibility index (Phi) is 4.32. The van der Waals surface area contributed by atoms with Crippen LogP contribution in [0.5, 0.6) is 5.75 Å². The highest BCUT2D eigenvalue weighted by Crippen LogP contribution is 2.39. The maximum Gasteiger partial charge on any atom is 0.417 e. The predicted octanol–water partition coefficient (Wildman–Crippen LogP) is 4.52. The summed E-state index contributed by atoms with van der Waals surface area (Å²) in [5.41, 5.74) is -2.19. The number of aromatic hydroxyl groups is 1. The van der Waals surface area contributed by atoms with Gasteiger partial charge in [-0.05, 0) is 58.0 Å². The Labute approximate surface area is 135 Å². The fourth-order valence-corrected chi connectivity index (χ4v) is 2.55. The van der Waals surface area contributed by atoms with E-state index in [4.69, 9.17) is 5.11 Å². The van der Waals surface area contributed by atoms with Crippen molar-refractivity contribution in [3.05, 3.63) is 50.8 Å². The summed E-state index contributed by atoms with van der Waals surface area (Å²) in [4.78, 5) is 11.0. The van der Waals surface area contributed by atoms with Gasteiger partial charge in [-0.25, -0.2) is 9.18 Å². The van der Waals surface area contributed by atoms with E-state index in [0.29, 0.717) is 6.07 Å². The molecule has 2 N–H and O–H groups in total. The molecule has 0 atom stereocenters. The van der Waals surface area contributed by atoms with E-state index in [2.05, 4.69) is 0 Å². The van der Waals surface area contributed by atoms with E-state index in [1.54, 1.807) is 22.6 Å². The molecule has 3 nitrogen and oxygen atoms in total. The van der Waals surface area contributed by atoms with Gasteiger partial charge in [-0.1, -0.05) is 6.07 Å². The summed E-state index contributed by atoms with van der Waals surface area (Å²) < 4.78 is 52.2. The SMILES string of the molecule is O=C(O)c1cc(-c2ccc(F)cc2C(F)(F)F)cc(I)c1O. The molecule has 0 aliphatic carbocycles. The molecule has 0 amide bonds. The van der Waals surface area contributed by atoms with Gasteiger partial charge >= 0.3 is 12.1 Å². The first kappa shape index (κ1) is 16.5. The number of hydrogen-bond acceptors (Lipinski definition) is 2. The molecule has 0 aliphatic heterocycles. The summed E-state index contributed by atoms with van der Waals surface area (Å²) in [5, 5.41) is 18.6. The zero-order valence-corrected chi connectivity index (χ0v) is 12.7. The van der Waals surface area contributed by atoms with Gasteiger partial charge in [0, 0.05) is 0 Å². The fourth-order valence-electron chi connectivity index (χ4n) is 1.92. The summed E-state index contributed by atoms with van der Waals surface area (Å²) in [6, 6.07) is 4.24. The molecule has 2 aromatic carbocycles. The number of carboxylic acids is 1. The third-order valence-electron chi connectivity index (χ3n) is 2.89. The van der Waals surface area contributed by atoms with Crippen molar-refractivity contribution in [2.45, 2.75) is 6.18 Å². The third kappa shape index (κ3) is 3.16. The molecular weight excluding hydrogens is 419 g/mol. The number of hydrogen-bond donors (Lipinski definition) is 2. The van der Waals surface area contributed by atoms with E-state index < -0.39 is 34.8 Å². The van der Waals surface area contributed by atoms with Crippen LogP contribution in [-0.4, -0.2) is 16.2 Å². The molecule has 0 unspecified atom stereocenters. The molecule has 2 rings (SSSR count). The Morgan fingerprint density at radius 1 is 1.14 bits per heavy atom. The van der Waals surface area contributed by atoms with Crippen LogP contribution in [0.2, 0.25) is 0 Å². The van der Waals surface area contributed by atoms with Crippen LogP contribution in [0.1, 0.15) is 15.9 Å². The number of carbonyl (C=O) groups is 1. The Bertz CT molecular complexity index is 756. The number of halogens is 5. The number of phenols is 1. The Balaban J connectivity index is 2.75. The van der Waals surface area contributed by atoms with Crippen molar-refractivity contribution in [1.82, 2.24) is 0 Å². The predicted molar refractivity (Wildman–Crippen MR) is 78.2 cm³/mol. The first-order chi connectivity index (χ1) is 10.1. The van der Waals surface area contributed by atoms with Crippen LogP contribution in [-0.2, 0) is 6.18 Å². The van der Waals surface area contributed by atoms with E-state index in [0.717, 1.165) is 18.2 Å². The average Bonchev–Trinajstić information content (AvgIpc) is 2.40. The van der Waals surface area contributed by atoms with E-state index in [1.807, 2.05) is 0 Å². The first-order valence-electron chi connectivity index (χ1n) is 5.74. The topological polar surface area (TPSA) is 57.5 Å². The highest BCUT2D eigenvalue weighted by molar-refractivity contribution is 14.1. The highest BCUT2D eigenvalue weighted by atomic mass is 127. The zero-order valence-electron chi connectivity index (χ0n) is 10.6.